The second-order valence-corrected chi connectivity index (χ2v) is 8.41. The first kappa shape index (κ1) is 21.1. The van der Waals surface area contributed by atoms with E-state index in [4.69, 9.17) is 4.74 Å². The molecule has 8 nitrogen and oxygen atoms in total. The Balaban J connectivity index is 1.59. The minimum Gasteiger partial charge on any atom is -0.378 e. The first-order chi connectivity index (χ1) is 14.9. The van der Waals surface area contributed by atoms with E-state index in [-0.39, 0.29) is 16.5 Å². The number of benzene rings is 2. The molecule has 2 heterocycles. The second-order valence-electron chi connectivity index (χ2n) is 7.38. The maximum absolute atomic E-state index is 12.4. The fraction of sp³-hybridized carbons (Fsp3) is 0.273. The van der Waals surface area contributed by atoms with Crippen LogP contribution < -0.4 is 10.2 Å². The van der Waals surface area contributed by atoms with Crippen molar-refractivity contribution in [1.29, 1.82) is 0 Å². The van der Waals surface area contributed by atoms with Crippen LogP contribution in [-0.2, 0) is 9.53 Å². The molecular weight excluding hydrogens is 416 g/mol. The molecule has 2 saturated heterocycles. The van der Waals surface area contributed by atoms with Gasteiger partial charge < -0.3 is 15.0 Å². The highest BCUT2D eigenvalue weighted by atomic mass is 32.2. The number of hydrogen-bond donors (Lipinski definition) is 1. The molecule has 2 fully saturated rings. The topological polar surface area (TPSA) is 97.1 Å². The molecule has 2 aromatic rings. The molecule has 4 rings (SSSR count). The van der Waals surface area contributed by atoms with Crippen molar-refractivity contribution in [3.63, 3.8) is 0 Å². The molecule has 2 aromatic carbocycles. The first-order valence-corrected chi connectivity index (χ1v) is 10.7. The van der Waals surface area contributed by atoms with Crippen molar-refractivity contribution in [1.82, 2.24) is 5.32 Å². The van der Waals surface area contributed by atoms with Gasteiger partial charge in [-0.3, -0.25) is 14.9 Å². The largest absolute Gasteiger partial charge is 0.378 e. The zero-order valence-corrected chi connectivity index (χ0v) is 18.1. The summed E-state index contributed by atoms with van der Waals surface area (Å²) >= 11 is 1.22. The summed E-state index contributed by atoms with van der Waals surface area (Å²) in [5.41, 5.74) is 4.13. The van der Waals surface area contributed by atoms with Gasteiger partial charge >= 0.3 is 0 Å². The Morgan fingerprint density at radius 1 is 1.19 bits per heavy atom. The van der Waals surface area contributed by atoms with E-state index in [2.05, 4.69) is 10.3 Å². The highest BCUT2D eigenvalue weighted by molar-refractivity contribution is 8.18. The van der Waals surface area contributed by atoms with Crippen LogP contribution in [0, 0.1) is 24.0 Å². The molecule has 0 unspecified atom stereocenters. The van der Waals surface area contributed by atoms with Crippen molar-refractivity contribution in [3.8, 4) is 0 Å². The number of amides is 1. The summed E-state index contributed by atoms with van der Waals surface area (Å²) in [6, 6.07) is 11.0. The van der Waals surface area contributed by atoms with Crippen LogP contribution in [0.25, 0.3) is 6.08 Å². The summed E-state index contributed by atoms with van der Waals surface area (Å²) in [7, 11) is 0. The predicted octanol–water partition coefficient (Wildman–Crippen LogP) is 3.94. The Morgan fingerprint density at radius 2 is 1.97 bits per heavy atom. The molecule has 31 heavy (non-hydrogen) atoms. The van der Waals surface area contributed by atoms with Gasteiger partial charge in [-0.25, -0.2) is 4.99 Å². The standard InChI is InChI=1S/C22H22N4O4S/c1-14-3-5-17(15(2)11-14)23-22-24-21(27)20(31-22)13-16-4-6-18(19(12-16)26(28)29)25-7-9-30-10-8-25/h3-6,11-13H,7-10H2,1-2H3,(H,23,24,27)/b20-13+. The number of ether oxygens (including phenoxy) is 1. The number of hydrogen-bond acceptors (Lipinski definition) is 7. The van der Waals surface area contributed by atoms with E-state index in [0.29, 0.717) is 47.6 Å². The second kappa shape index (κ2) is 8.91. The lowest BCUT2D eigenvalue weighted by Crippen LogP contribution is -2.36. The summed E-state index contributed by atoms with van der Waals surface area (Å²) in [6.45, 7) is 6.29. The first-order valence-electron chi connectivity index (χ1n) is 9.89. The number of thioether (sulfide) groups is 1. The van der Waals surface area contributed by atoms with E-state index < -0.39 is 0 Å². The van der Waals surface area contributed by atoms with Crippen LogP contribution in [0.5, 0.6) is 0 Å². The number of anilines is 1. The van der Waals surface area contributed by atoms with Crippen LogP contribution in [0.15, 0.2) is 46.3 Å². The molecule has 0 aromatic heterocycles. The monoisotopic (exact) mass is 438 g/mol. The number of aliphatic imine (C=N–C) groups is 1. The Kier molecular flexibility index (Phi) is 6.06. The molecule has 0 radical (unpaired) electrons. The molecule has 2 aliphatic rings. The van der Waals surface area contributed by atoms with E-state index >= 15 is 0 Å². The Bertz CT molecular complexity index is 1110. The minimum absolute atomic E-state index is 0.0174. The van der Waals surface area contributed by atoms with E-state index in [1.165, 1.54) is 17.8 Å². The molecular formula is C22H22N4O4S. The third-order valence-corrected chi connectivity index (χ3v) is 5.98. The number of aryl methyl sites for hydroxylation is 2. The number of nitrogens with zero attached hydrogens (tertiary/aromatic N) is 3. The Hall–Kier alpha value is -3.17. The molecule has 0 bridgehead atoms. The number of carbonyl (C=O) groups excluding carboxylic acids is 1. The summed E-state index contributed by atoms with van der Waals surface area (Å²) in [5, 5.41) is 14.9. The predicted molar refractivity (Wildman–Crippen MR) is 123 cm³/mol. The van der Waals surface area contributed by atoms with Gasteiger partial charge in [0.05, 0.1) is 28.7 Å². The van der Waals surface area contributed by atoms with E-state index in [0.717, 1.165) is 16.8 Å². The summed E-state index contributed by atoms with van der Waals surface area (Å²) in [6.07, 6.45) is 1.65. The van der Waals surface area contributed by atoms with Crippen LogP contribution >= 0.6 is 11.8 Å². The number of nitrogens with one attached hydrogen (secondary N) is 1. The quantitative estimate of drug-likeness (QED) is 0.441. The lowest BCUT2D eigenvalue weighted by molar-refractivity contribution is -0.384. The van der Waals surface area contributed by atoms with Gasteiger partial charge in [0, 0.05) is 19.2 Å². The third-order valence-electron chi connectivity index (χ3n) is 5.07. The maximum atomic E-state index is 12.4. The van der Waals surface area contributed by atoms with E-state index in [1.807, 2.05) is 36.9 Å². The van der Waals surface area contributed by atoms with Gasteiger partial charge in [0.25, 0.3) is 11.6 Å². The molecule has 1 N–H and O–H groups in total. The Labute approximate surface area is 184 Å². The molecule has 0 saturated carbocycles. The molecule has 0 aliphatic carbocycles. The van der Waals surface area contributed by atoms with Crippen molar-refractivity contribution < 1.29 is 14.5 Å². The van der Waals surface area contributed by atoms with Crippen LogP contribution in [0.3, 0.4) is 0 Å². The van der Waals surface area contributed by atoms with Gasteiger partial charge in [0.15, 0.2) is 5.17 Å². The SMILES string of the molecule is Cc1ccc(N=C2NC(=O)/C(=C\c3ccc(N4CCOCC4)c([N+](=O)[O-])c3)S2)c(C)c1. The molecule has 0 atom stereocenters. The zero-order valence-electron chi connectivity index (χ0n) is 17.3. The van der Waals surface area contributed by atoms with Crippen LogP contribution in [-0.4, -0.2) is 42.3 Å². The van der Waals surface area contributed by atoms with Gasteiger partial charge in [-0.15, -0.1) is 0 Å². The molecule has 9 heteroatoms. The minimum atomic E-state index is -0.387. The Morgan fingerprint density at radius 3 is 2.68 bits per heavy atom. The number of amidine groups is 1. The molecule has 0 spiro atoms. The number of nitro benzene ring substituents is 1. The van der Waals surface area contributed by atoms with Gasteiger partial charge in [0.2, 0.25) is 0 Å². The van der Waals surface area contributed by atoms with Gasteiger partial charge in [-0.05, 0) is 54.9 Å². The van der Waals surface area contributed by atoms with Gasteiger partial charge in [-0.1, -0.05) is 23.8 Å². The van der Waals surface area contributed by atoms with Crippen LogP contribution in [0.2, 0.25) is 0 Å². The molecule has 160 valence electrons. The molecule has 2 aliphatic heterocycles. The van der Waals surface area contributed by atoms with Crippen molar-refractivity contribution in [2.24, 2.45) is 4.99 Å². The molecule has 1 amide bonds. The van der Waals surface area contributed by atoms with Crippen LogP contribution in [0.4, 0.5) is 17.1 Å². The van der Waals surface area contributed by atoms with Crippen LogP contribution in [0.1, 0.15) is 16.7 Å². The van der Waals surface area contributed by atoms with Crippen molar-refractivity contribution >= 4 is 46.0 Å². The number of carbonyl (C=O) groups is 1. The lowest BCUT2D eigenvalue weighted by Gasteiger charge is -2.28. The highest BCUT2D eigenvalue weighted by Crippen LogP contribution is 2.33. The fourth-order valence-electron chi connectivity index (χ4n) is 3.52. The maximum Gasteiger partial charge on any atom is 0.293 e. The fourth-order valence-corrected chi connectivity index (χ4v) is 4.36. The van der Waals surface area contributed by atoms with Crippen molar-refractivity contribution in [2.45, 2.75) is 13.8 Å². The smallest absolute Gasteiger partial charge is 0.293 e. The van der Waals surface area contributed by atoms with Gasteiger partial charge in [-0.2, -0.15) is 0 Å². The van der Waals surface area contributed by atoms with E-state index in [9.17, 15) is 14.9 Å². The highest BCUT2D eigenvalue weighted by Gasteiger charge is 2.25. The zero-order chi connectivity index (χ0) is 22.0. The third kappa shape index (κ3) is 4.78. The normalized spacial score (nSPS) is 19.2. The van der Waals surface area contributed by atoms with E-state index in [1.54, 1.807) is 18.2 Å². The summed E-state index contributed by atoms with van der Waals surface area (Å²) in [4.78, 5) is 30.6. The average molecular weight is 439 g/mol. The van der Waals surface area contributed by atoms with Crippen molar-refractivity contribution in [3.05, 3.63) is 68.1 Å². The van der Waals surface area contributed by atoms with Gasteiger partial charge in [0.1, 0.15) is 5.69 Å². The average Bonchev–Trinajstić information content (AvgIpc) is 3.09. The number of nitro groups is 1. The summed E-state index contributed by atoms with van der Waals surface area (Å²) < 4.78 is 5.33. The summed E-state index contributed by atoms with van der Waals surface area (Å²) in [5.74, 6) is -0.270. The number of morpholine rings is 1. The van der Waals surface area contributed by atoms with Crippen molar-refractivity contribution in [2.75, 3.05) is 31.2 Å². The number of rotatable bonds is 4. The lowest BCUT2D eigenvalue weighted by atomic mass is 10.1.